The first kappa shape index (κ1) is 15.2. The van der Waals surface area contributed by atoms with E-state index in [2.05, 4.69) is 9.71 Å². The Morgan fingerprint density at radius 1 is 1.24 bits per heavy atom. The van der Waals surface area contributed by atoms with E-state index in [9.17, 15) is 18.5 Å². The number of non-ortho nitro benzene ring substituents is 1. The average Bonchev–Trinajstić information content (AvgIpc) is 2.38. The minimum absolute atomic E-state index is 0.0967. The van der Waals surface area contributed by atoms with Gasteiger partial charge in [0.05, 0.1) is 10.7 Å². The van der Waals surface area contributed by atoms with E-state index < -0.39 is 14.9 Å². The second kappa shape index (κ2) is 6.06. The Morgan fingerprint density at radius 3 is 2.48 bits per heavy atom. The molecule has 0 aliphatic heterocycles. The van der Waals surface area contributed by atoms with Crippen molar-refractivity contribution in [2.45, 2.75) is 5.75 Å². The fraction of sp³-hybridized carbons (Fsp3) is 0.0833. The van der Waals surface area contributed by atoms with Crippen molar-refractivity contribution in [2.24, 2.45) is 0 Å². The number of nitro groups is 1. The molecule has 0 spiro atoms. The lowest BCUT2D eigenvalue weighted by atomic mass is 10.2. The van der Waals surface area contributed by atoms with Gasteiger partial charge < -0.3 is 0 Å². The molecule has 1 aromatic carbocycles. The van der Waals surface area contributed by atoms with Crippen molar-refractivity contribution in [3.63, 3.8) is 0 Å². The summed E-state index contributed by atoms with van der Waals surface area (Å²) in [6.07, 6.45) is 1.38. The third-order valence-corrected chi connectivity index (χ3v) is 3.95. The van der Waals surface area contributed by atoms with Crippen molar-refractivity contribution < 1.29 is 13.3 Å². The van der Waals surface area contributed by atoms with Crippen molar-refractivity contribution in [3.05, 3.63) is 63.3 Å². The van der Waals surface area contributed by atoms with Crippen molar-refractivity contribution in [2.75, 3.05) is 4.72 Å². The highest BCUT2D eigenvalue weighted by atomic mass is 35.5. The lowest BCUT2D eigenvalue weighted by molar-refractivity contribution is -0.384. The predicted molar refractivity (Wildman–Crippen MR) is 78.6 cm³/mol. The third-order valence-electron chi connectivity index (χ3n) is 2.49. The number of nitrogens with zero attached hydrogens (tertiary/aromatic N) is 2. The Bertz CT molecular complexity index is 762. The Hall–Kier alpha value is -2.19. The molecule has 0 fully saturated rings. The van der Waals surface area contributed by atoms with Gasteiger partial charge in [0.25, 0.3) is 5.69 Å². The zero-order valence-electron chi connectivity index (χ0n) is 10.6. The van der Waals surface area contributed by atoms with Crippen LogP contribution < -0.4 is 4.72 Å². The van der Waals surface area contributed by atoms with Crippen LogP contribution in [0.1, 0.15) is 5.56 Å². The Balaban J connectivity index is 2.12. The van der Waals surface area contributed by atoms with Crippen LogP contribution in [0, 0.1) is 10.1 Å². The number of halogens is 1. The summed E-state index contributed by atoms with van der Waals surface area (Å²) in [5, 5.41) is 10.9. The molecule has 0 amide bonds. The van der Waals surface area contributed by atoms with E-state index in [1.54, 1.807) is 0 Å². The van der Waals surface area contributed by atoms with Crippen LogP contribution in [-0.4, -0.2) is 18.3 Å². The lowest BCUT2D eigenvalue weighted by Crippen LogP contribution is -2.15. The number of aromatic nitrogens is 1. The average molecular weight is 328 g/mol. The van der Waals surface area contributed by atoms with Crippen molar-refractivity contribution >= 4 is 33.1 Å². The number of nitro benzene ring substituents is 1. The van der Waals surface area contributed by atoms with Crippen molar-refractivity contribution in [1.82, 2.24) is 4.98 Å². The van der Waals surface area contributed by atoms with Crippen LogP contribution in [0.15, 0.2) is 42.6 Å². The highest BCUT2D eigenvalue weighted by molar-refractivity contribution is 7.91. The quantitative estimate of drug-likeness (QED) is 0.671. The SMILES string of the molecule is O=[N+]([O-])c1ccc(CS(=O)(=O)Nc2cc(Cl)ccn2)cc1. The third kappa shape index (κ3) is 4.40. The van der Waals surface area contributed by atoms with Crippen LogP contribution in [0.2, 0.25) is 5.02 Å². The minimum atomic E-state index is -3.68. The Kier molecular flexibility index (Phi) is 4.39. The van der Waals surface area contributed by atoms with Crippen LogP contribution >= 0.6 is 11.6 Å². The summed E-state index contributed by atoms with van der Waals surface area (Å²) in [6, 6.07) is 8.20. The van der Waals surface area contributed by atoms with Gasteiger partial charge in [-0.25, -0.2) is 13.4 Å². The second-order valence-electron chi connectivity index (χ2n) is 4.14. The fourth-order valence-electron chi connectivity index (χ4n) is 1.59. The van der Waals surface area contributed by atoms with E-state index in [1.807, 2.05) is 0 Å². The minimum Gasteiger partial charge on any atom is -0.267 e. The molecule has 2 rings (SSSR count). The maximum atomic E-state index is 12.0. The van der Waals surface area contributed by atoms with E-state index in [0.717, 1.165) is 0 Å². The van der Waals surface area contributed by atoms with Gasteiger partial charge in [-0.05, 0) is 11.6 Å². The lowest BCUT2D eigenvalue weighted by Gasteiger charge is -2.07. The molecule has 1 aromatic heterocycles. The molecular weight excluding hydrogens is 318 g/mol. The summed E-state index contributed by atoms with van der Waals surface area (Å²) >= 11 is 5.74. The molecule has 0 saturated carbocycles. The van der Waals surface area contributed by atoms with E-state index in [0.29, 0.717) is 10.6 Å². The highest BCUT2D eigenvalue weighted by Gasteiger charge is 2.14. The number of hydrogen-bond donors (Lipinski definition) is 1. The molecule has 21 heavy (non-hydrogen) atoms. The molecule has 0 unspecified atom stereocenters. The van der Waals surface area contributed by atoms with Gasteiger partial charge >= 0.3 is 0 Å². The second-order valence-corrected chi connectivity index (χ2v) is 6.30. The standard InChI is InChI=1S/C12H10ClN3O4S/c13-10-5-6-14-12(7-10)15-21(19,20)8-9-1-3-11(4-2-9)16(17)18/h1-7H,8H2,(H,14,15). The van der Waals surface area contributed by atoms with Crippen LogP contribution in [0.25, 0.3) is 0 Å². The van der Waals surface area contributed by atoms with E-state index in [4.69, 9.17) is 11.6 Å². The summed E-state index contributed by atoms with van der Waals surface area (Å²) in [6.45, 7) is 0. The largest absolute Gasteiger partial charge is 0.269 e. The normalized spacial score (nSPS) is 11.1. The first-order valence-corrected chi connectivity index (χ1v) is 7.74. The zero-order chi connectivity index (χ0) is 15.5. The van der Waals surface area contributed by atoms with Crippen LogP contribution in [-0.2, 0) is 15.8 Å². The molecule has 0 bridgehead atoms. The van der Waals surface area contributed by atoms with Crippen LogP contribution in [0.5, 0.6) is 0 Å². The number of pyridine rings is 1. The summed E-state index contributed by atoms with van der Waals surface area (Å²) in [4.78, 5) is 13.8. The molecule has 0 aliphatic carbocycles. The predicted octanol–water partition coefficient (Wildman–Crippen LogP) is 2.59. The zero-order valence-corrected chi connectivity index (χ0v) is 12.1. The molecule has 1 N–H and O–H groups in total. The number of rotatable bonds is 5. The molecule has 0 saturated heterocycles. The number of sulfonamides is 1. The topological polar surface area (TPSA) is 102 Å². The van der Waals surface area contributed by atoms with Gasteiger partial charge in [-0.2, -0.15) is 0 Å². The molecule has 1 heterocycles. The van der Waals surface area contributed by atoms with Crippen molar-refractivity contribution in [1.29, 1.82) is 0 Å². The van der Waals surface area contributed by atoms with Gasteiger partial charge in [0.1, 0.15) is 5.82 Å². The molecule has 0 radical (unpaired) electrons. The van der Waals surface area contributed by atoms with Crippen molar-refractivity contribution in [3.8, 4) is 0 Å². The Morgan fingerprint density at radius 2 is 1.90 bits per heavy atom. The van der Waals surface area contributed by atoms with E-state index in [1.165, 1.54) is 42.6 Å². The van der Waals surface area contributed by atoms with Gasteiger partial charge in [0.2, 0.25) is 10.0 Å². The van der Waals surface area contributed by atoms with Gasteiger partial charge in [0, 0.05) is 29.4 Å². The summed E-state index contributed by atoms with van der Waals surface area (Å²) in [5.41, 5.74) is 0.329. The molecular formula is C12H10ClN3O4S. The van der Waals surface area contributed by atoms with E-state index in [-0.39, 0.29) is 17.3 Å². The highest BCUT2D eigenvalue weighted by Crippen LogP contribution is 2.17. The first-order chi connectivity index (χ1) is 9.85. The maximum absolute atomic E-state index is 12.0. The smallest absolute Gasteiger partial charge is 0.267 e. The van der Waals surface area contributed by atoms with Crippen LogP contribution in [0.4, 0.5) is 11.5 Å². The van der Waals surface area contributed by atoms with Gasteiger partial charge in [-0.1, -0.05) is 23.7 Å². The van der Waals surface area contributed by atoms with Gasteiger partial charge in [-0.15, -0.1) is 0 Å². The molecule has 0 aliphatic rings. The first-order valence-electron chi connectivity index (χ1n) is 5.71. The molecule has 2 aromatic rings. The van der Waals surface area contributed by atoms with Crippen LogP contribution in [0.3, 0.4) is 0 Å². The van der Waals surface area contributed by atoms with E-state index >= 15 is 0 Å². The fourth-order valence-corrected chi connectivity index (χ4v) is 2.88. The summed E-state index contributed by atoms with van der Waals surface area (Å²) in [7, 11) is -3.68. The number of nitrogens with one attached hydrogen (secondary N) is 1. The molecule has 7 nitrogen and oxygen atoms in total. The number of anilines is 1. The monoisotopic (exact) mass is 327 g/mol. The summed E-state index contributed by atoms with van der Waals surface area (Å²) < 4.78 is 26.2. The molecule has 110 valence electrons. The number of benzene rings is 1. The maximum Gasteiger partial charge on any atom is 0.269 e. The Labute approximate surface area is 125 Å². The van der Waals surface area contributed by atoms with Gasteiger partial charge in [-0.3, -0.25) is 14.8 Å². The molecule has 9 heteroatoms. The number of hydrogen-bond acceptors (Lipinski definition) is 5. The molecule has 0 atom stereocenters. The summed E-state index contributed by atoms with van der Waals surface area (Å²) in [5.74, 6) is -0.205. The van der Waals surface area contributed by atoms with Gasteiger partial charge in [0.15, 0.2) is 0 Å².